The Bertz CT molecular complexity index is 1580. The maximum Gasteiger partial charge on any atom is 0.342 e. The van der Waals surface area contributed by atoms with Crippen LogP contribution in [0.4, 0.5) is 0 Å². The minimum atomic E-state index is -1.09. The summed E-state index contributed by atoms with van der Waals surface area (Å²) in [5.74, 6) is 0.425. The van der Waals surface area contributed by atoms with Crippen molar-refractivity contribution in [2.24, 2.45) is 0 Å². The van der Waals surface area contributed by atoms with Gasteiger partial charge in [0.15, 0.2) is 5.82 Å². The first-order valence-corrected chi connectivity index (χ1v) is 15.9. The number of carboxylic acids is 1. The predicted molar refractivity (Wildman–Crippen MR) is 168 cm³/mol. The second-order valence-electron chi connectivity index (χ2n) is 11.7. The highest BCUT2D eigenvalue weighted by molar-refractivity contribution is 5.90. The van der Waals surface area contributed by atoms with Crippen LogP contribution in [0, 0.1) is 0 Å². The van der Waals surface area contributed by atoms with Crippen molar-refractivity contribution in [3.63, 3.8) is 0 Å². The highest BCUT2D eigenvalue weighted by Crippen LogP contribution is 2.35. The summed E-state index contributed by atoms with van der Waals surface area (Å²) in [6.45, 7) is 10.9. The third-order valence-electron chi connectivity index (χ3n) is 9.04. The van der Waals surface area contributed by atoms with Gasteiger partial charge in [-0.25, -0.2) is 9.78 Å². The number of rotatable bonds is 10. The fraction of sp³-hybridized carbons (Fsp3) is 0.457. The molecule has 3 aliphatic rings. The Morgan fingerprint density at radius 1 is 1.11 bits per heavy atom. The van der Waals surface area contributed by atoms with Gasteiger partial charge < -0.3 is 19.3 Å². The number of aromatic carboxylic acids is 1. The van der Waals surface area contributed by atoms with Crippen LogP contribution in [0.2, 0.25) is 0 Å². The number of allylic oxidation sites excluding steroid dienone is 3. The summed E-state index contributed by atoms with van der Waals surface area (Å²) >= 11 is 0. The van der Waals surface area contributed by atoms with Crippen LogP contribution in [0.1, 0.15) is 84.8 Å². The van der Waals surface area contributed by atoms with E-state index in [0.29, 0.717) is 25.1 Å². The van der Waals surface area contributed by atoms with E-state index in [-0.39, 0.29) is 11.4 Å². The van der Waals surface area contributed by atoms with Crippen LogP contribution in [0.15, 0.2) is 53.9 Å². The molecule has 4 heterocycles. The Balaban J connectivity index is 1.23. The van der Waals surface area contributed by atoms with Crippen molar-refractivity contribution < 1.29 is 24.1 Å². The molecule has 3 aromatic rings. The molecule has 2 aromatic heterocycles. The number of fused-ring (bicyclic) bond motifs is 1. The van der Waals surface area contributed by atoms with Crippen molar-refractivity contribution in [1.29, 1.82) is 0 Å². The van der Waals surface area contributed by atoms with Crippen molar-refractivity contribution in [1.82, 2.24) is 19.7 Å². The van der Waals surface area contributed by atoms with Crippen LogP contribution in [-0.2, 0) is 35.5 Å². The van der Waals surface area contributed by atoms with Crippen LogP contribution in [0.25, 0.3) is 11.4 Å². The molecule has 6 rings (SSSR count). The fourth-order valence-electron chi connectivity index (χ4n) is 6.80. The smallest absolute Gasteiger partial charge is 0.342 e. The van der Waals surface area contributed by atoms with Gasteiger partial charge in [0.1, 0.15) is 17.9 Å². The van der Waals surface area contributed by atoms with E-state index in [1.165, 1.54) is 38.7 Å². The Morgan fingerprint density at radius 2 is 1.95 bits per heavy atom. The summed E-state index contributed by atoms with van der Waals surface area (Å²) in [4.78, 5) is 19.3. The van der Waals surface area contributed by atoms with Crippen LogP contribution in [0.3, 0.4) is 0 Å². The normalized spacial score (nSPS) is 17.8. The Hall–Kier alpha value is -3.95. The zero-order chi connectivity index (χ0) is 30.6. The van der Waals surface area contributed by atoms with Crippen LogP contribution in [-0.4, -0.2) is 63.1 Å². The lowest BCUT2D eigenvalue weighted by atomic mass is 9.88. The summed E-state index contributed by atoms with van der Waals surface area (Å²) in [7, 11) is 0. The van der Waals surface area contributed by atoms with Gasteiger partial charge in [0.05, 0.1) is 18.5 Å². The molecule has 2 aliphatic heterocycles. The first-order valence-electron chi connectivity index (χ1n) is 15.9. The standard InChI is InChI=1S/C35H42N4O5/c1-4-27-25(13-12-24-21-38(17-14-28(24)27)26-15-18-42-19-16-26)22-44-33-23(3)8-6-9-29(33)31-10-7-11-32(37-31)39-34(43-5-2)30(20-36-39)35(40)41/h7,9-13,20,26H,4-6,8,14-19,21-22H2,1-3H3,(H,40,41). The molecule has 1 saturated heterocycles. The molecule has 0 amide bonds. The molecule has 0 atom stereocenters. The maximum absolute atomic E-state index is 11.7. The SMILES string of the molecule is CCOc1c(C(=O)O)cnn1-c1cccc(C2=CCCC(C)=C2OCc2ccc3c(c2CC)CCN(C2CCOCC2)C3)n1. The van der Waals surface area contributed by atoms with Gasteiger partial charge in [-0.15, -0.1) is 0 Å². The van der Waals surface area contributed by atoms with E-state index in [1.54, 1.807) is 6.07 Å². The number of aromatic nitrogens is 3. The van der Waals surface area contributed by atoms with E-state index >= 15 is 0 Å². The summed E-state index contributed by atoms with van der Waals surface area (Å²) < 4.78 is 19.4. The summed E-state index contributed by atoms with van der Waals surface area (Å²) in [6.07, 6.45) is 9.63. The lowest BCUT2D eigenvalue weighted by Crippen LogP contribution is -2.42. The van der Waals surface area contributed by atoms with E-state index in [2.05, 4.69) is 42.1 Å². The molecular weight excluding hydrogens is 556 g/mol. The molecule has 9 heteroatoms. The number of benzene rings is 1. The highest BCUT2D eigenvalue weighted by Gasteiger charge is 2.28. The monoisotopic (exact) mass is 598 g/mol. The van der Waals surface area contributed by atoms with Crippen LogP contribution in [0.5, 0.6) is 5.88 Å². The number of carbonyl (C=O) groups is 1. The molecule has 1 aromatic carbocycles. The number of hydrogen-bond donors (Lipinski definition) is 1. The van der Waals surface area contributed by atoms with E-state index in [4.69, 9.17) is 19.2 Å². The zero-order valence-corrected chi connectivity index (χ0v) is 26.0. The summed E-state index contributed by atoms with van der Waals surface area (Å²) in [5, 5.41) is 13.9. The Morgan fingerprint density at radius 3 is 2.73 bits per heavy atom. The molecule has 1 fully saturated rings. The lowest BCUT2D eigenvalue weighted by Gasteiger charge is -2.38. The minimum absolute atomic E-state index is 0.00349. The number of hydrogen-bond acceptors (Lipinski definition) is 7. The molecule has 9 nitrogen and oxygen atoms in total. The van der Waals surface area contributed by atoms with Gasteiger partial charge in [-0.2, -0.15) is 9.78 Å². The molecule has 0 spiro atoms. The number of nitrogens with zero attached hydrogens (tertiary/aromatic N) is 4. The summed E-state index contributed by atoms with van der Waals surface area (Å²) in [5.41, 5.74) is 8.52. The average molecular weight is 599 g/mol. The topological polar surface area (TPSA) is 98.9 Å². The second-order valence-corrected chi connectivity index (χ2v) is 11.7. The number of carboxylic acid groups (broad SMARTS) is 1. The average Bonchev–Trinajstić information content (AvgIpc) is 3.48. The van der Waals surface area contributed by atoms with Gasteiger partial charge in [-0.1, -0.05) is 31.2 Å². The molecule has 1 aliphatic carbocycles. The van der Waals surface area contributed by atoms with E-state index in [1.807, 2.05) is 19.1 Å². The van der Waals surface area contributed by atoms with Gasteiger partial charge in [-0.05, 0) is 92.3 Å². The minimum Gasteiger partial charge on any atom is -0.488 e. The van der Waals surface area contributed by atoms with Gasteiger partial charge in [0.25, 0.3) is 0 Å². The maximum atomic E-state index is 11.7. The molecular formula is C35H42N4O5. The van der Waals surface area contributed by atoms with Crippen LogP contribution >= 0.6 is 0 Å². The largest absolute Gasteiger partial charge is 0.488 e. The van der Waals surface area contributed by atoms with Crippen molar-refractivity contribution in [3.8, 4) is 11.7 Å². The van der Waals surface area contributed by atoms with Crippen LogP contribution < -0.4 is 4.74 Å². The third kappa shape index (κ3) is 6.03. The first-order chi connectivity index (χ1) is 21.5. The predicted octanol–water partition coefficient (Wildman–Crippen LogP) is 6.13. The molecule has 0 saturated carbocycles. The fourth-order valence-corrected chi connectivity index (χ4v) is 6.80. The van der Waals surface area contributed by atoms with Gasteiger partial charge >= 0.3 is 5.97 Å². The Labute approximate surface area is 259 Å². The number of pyridine rings is 1. The van der Waals surface area contributed by atoms with Gasteiger partial charge in [0.2, 0.25) is 5.88 Å². The highest BCUT2D eigenvalue weighted by atomic mass is 16.5. The molecule has 1 N–H and O–H groups in total. The van der Waals surface area contributed by atoms with Gasteiger partial charge in [0, 0.05) is 37.9 Å². The lowest BCUT2D eigenvalue weighted by molar-refractivity contribution is 0.0290. The molecule has 232 valence electrons. The summed E-state index contributed by atoms with van der Waals surface area (Å²) in [6, 6.07) is 10.9. The molecule has 0 radical (unpaired) electrons. The number of ether oxygens (including phenoxy) is 3. The van der Waals surface area contributed by atoms with Crippen molar-refractivity contribution in [2.45, 2.75) is 78.5 Å². The third-order valence-corrected chi connectivity index (χ3v) is 9.04. The van der Waals surface area contributed by atoms with Crippen molar-refractivity contribution >= 4 is 11.5 Å². The first kappa shape index (κ1) is 30.1. The van der Waals surface area contributed by atoms with E-state index in [9.17, 15) is 9.90 Å². The molecule has 44 heavy (non-hydrogen) atoms. The zero-order valence-electron chi connectivity index (χ0n) is 26.0. The quantitative estimate of drug-likeness (QED) is 0.298. The van der Waals surface area contributed by atoms with E-state index < -0.39 is 5.97 Å². The van der Waals surface area contributed by atoms with E-state index in [0.717, 1.165) is 81.9 Å². The van der Waals surface area contributed by atoms with Gasteiger partial charge in [-0.3, -0.25) is 4.90 Å². The Kier molecular flexibility index (Phi) is 9.14. The molecule has 0 unspecified atom stereocenters. The molecule has 0 bridgehead atoms. The second kappa shape index (κ2) is 13.4. The van der Waals surface area contributed by atoms with Crippen molar-refractivity contribution in [2.75, 3.05) is 26.4 Å². The van der Waals surface area contributed by atoms with Crippen molar-refractivity contribution in [3.05, 3.63) is 87.4 Å².